The Balaban J connectivity index is 2.27. The molecule has 2 rings (SSSR count). The maximum absolute atomic E-state index is 12.9. The molecular formula is C16H24N2OS2. The first-order valence-corrected chi connectivity index (χ1v) is 9.47. The summed E-state index contributed by atoms with van der Waals surface area (Å²) in [5, 5.41) is 0. The highest BCUT2D eigenvalue weighted by molar-refractivity contribution is 7.85. The van der Waals surface area contributed by atoms with Gasteiger partial charge in [0.1, 0.15) is 0 Å². The van der Waals surface area contributed by atoms with Gasteiger partial charge in [0.05, 0.1) is 10.2 Å². The number of fused-ring (bicyclic) bond motifs is 1. The number of aromatic nitrogens is 1. The van der Waals surface area contributed by atoms with Gasteiger partial charge in [0.25, 0.3) is 0 Å². The molecule has 0 aliphatic heterocycles. The molecule has 0 saturated heterocycles. The van der Waals surface area contributed by atoms with Gasteiger partial charge in [0, 0.05) is 12.1 Å². The molecule has 2 aromatic rings. The number of unbranched alkanes of at least 4 members (excludes halogenated alkanes) is 1. The first-order valence-electron chi connectivity index (χ1n) is 7.54. The summed E-state index contributed by atoms with van der Waals surface area (Å²) in [6.07, 6.45) is 3.36. The van der Waals surface area contributed by atoms with Crippen LogP contribution in [0, 0.1) is 0 Å². The number of para-hydroxylation sites is 1. The third-order valence-electron chi connectivity index (χ3n) is 3.73. The van der Waals surface area contributed by atoms with Crippen molar-refractivity contribution in [2.45, 2.75) is 56.8 Å². The lowest BCUT2D eigenvalue weighted by Gasteiger charge is -2.36. The predicted molar refractivity (Wildman–Crippen MR) is 92.0 cm³/mol. The molecule has 0 saturated carbocycles. The lowest BCUT2D eigenvalue weighted by atomic mass is 9.97. The minimum atomic E-state index is -1.19. The lowest BCUT2D eigenvalue weighted by Crippen LogP contribution is -2.44. The van der Waals surface area contributed by atoms with Gasteiger partial charge in [-0.05, 0) is 32.4 Å². The van der Waals surface area contributed by atoms with E-state index in [-0.39, 0.29) is 5.54 Å². The number of thiazole rings is 1. The van der Waals surface area contributed by atoms with Crippen LogP contribution in [0.5, 0.6) is 0 Å². The van der Waals surface area contributed by atoms with E-state index in [4.69, 9.17) is 0 Å². The molecule has 1 aromatic heterocycles. The van der Waals surface area contributed by atoms with E-state index in [1.165, 1.54) is 11.3 Å². The van der Waals surface area contributed by atoms with Crippen molar-refractivity contribution in [3.05, 3.63) is 24.3 Å². The Kier molecular flexibility index (Phi) is 5.52. The van der Waals surface area contributed by atoms with Gasteiger partial charge >= 0.3 is 0 Å². The molecule has 0 spiro atoms. The van der Waals surface area contributed by atoms with Crippen LogP contribution in [0.3, 0.4) is 0 Å². The largest absolute Gasteiger partial charge is 0.235 e. The van der Waals surface area contributed by atoms with E-state index in [0.717, 1.165) is 36.0 Å². The highest BCUT2D eigenvalue weighted by Crippen LogP contribution is 2.30. The average Bonchev–Trinajstić information content (AvgIpc) is 2.89. The molecule has 0 fully saturated rings. The molecule has 1 heterocycles. The number of nitrogens with zero attached hydrogens (tertiary/aromatic N) is 2. The summed E-state index contributed by atoms with van der Waals surface area (Å²) >= 11 is 1.54. The lowest BCUT2D eigenvalue weighted by molar-refractivity contribution is 0.226. The van der Waals surface area contributed by atoms with Gasteiger partial charge in [-0.15, -0.1) is 11.3 Å². The van der Waals surface area contributed by atoms with Gasteiger partial charge in [-0.1, -0.05) is 38.8 Å². The van der Waals surface area contributed by atoms with Crippen molar-refractivity contribution < 1.29 is 4.21 Å². The minimum Gasteiger partial charge on any atom is -0.235 e. The number of hydrogen-bond donors (Lipinski definition) is 0. The Labute approximate surface area is 134 Å². The summed E-state index contributed by atoms with van der Waals surface area (Å²) in [4.78, 5) is 4.55. The fourth-order valence-electron chi connectivity index (χ4n) is 2.52. The molecule has 3 nitrogen and oxygen atoms in total. The molecule has 5 heteroatoms. The van der Waals surface area contributed by atoms with Crippen LogP contribution in [0.4, 0.5) is 0 Å². The van der Waals surface area contributed by atoms with Gasteiger partial charge in [0.2, 0.25) is 0 Å². The standard InChI is InChI=1S/C16H24N2OS2/c1-5-7-12-16(3,4)18(6-2)21(19)15-17-13-10-8-9-11-14(13)20-15/h8-11H,5-7,12H2,1-4H3. The van der Waals surface area contributed by atoms with Gasteiger partial charge in [-0.2, -0.15) is 0 Å². The van der Waals surface area contributed by atoms with Crippen LogP contribution in [-0.2, 0) is 11.0 Å². The normalized spacial score (nSPS) is 14.0. The Bertz CT molecular complexity index is 589. The van der Waals surface area contributed by atoms with Gasteiger partial charge in [-0.25, -0.2) is 13.5 Å². The smallest absolute Gasteiger partial charge is 0.197 e. The first-order chi connectivity index (χ1) is 9.99. The van der Waals surface area contributed by atoms with Crippen LogP contribution >= 0.6 is 11.3 Å². The van der Waals surface area contributed by atoms with Crippen molar-refractivity contribution >= 4 is 32.5 Å². The van der Waals surface area contributed by atoms with Crippen LogP contribution in [0.25, 0.3) is 10.2 Å². The molecule has 21 heavy (non-hydrogen) atoms. The third kappa shape index (κ3) is 3.71. The summed E-state index contributed by atoms with van der Waals surface area (Å²) in [6, 6.07) is 7.98. The summed E-state index contributed by atoms with van der Waals surface area (Å²) in [5.74, 6) is 0. The van der Waals surface area contributed by atoms with Crippen LogP contribution in [-0.4, -0.2) is 25.6 Å². The molecule has 116 valence electrons. The topological polar surface area (TPSA) is 33.2 Å². The van der Waals surface area contributed by atoms with E-state index >= 15 is 0 Å². The van der Waals surface area contributed by atoms with E-state index < -0.39 is 11.0 Å². The fourth-order valence-corrected chi connectivity index (χ4v) is 5.18. The van der Waals surface area contributed by atoms with E-state index in [9.17, 15) is 4.21 Å². The maximum atomic E-state index is 12.9. The molecule has 0 N–H and O–H groups in total. The highest BCUT2D eigenvalue weighted by atomic mass is 32.2. The molecule has 0 radical (unpaired) electrons. The van der Waals surface area contributed by atoms with Gasteiger partial charge in [0.15, 0.2) is 15.3 Å². The minimum absolute atomic E-state index is 0.0759. The van der Waals surface area contributed by atoms with E-state index in [1.807, 2.05) is 24.3 Å². The third-order valence-corrected chi connectivity index (χ3v) is 6.78. The maximum Gasteiger partial charge on any atom is 0.197 e. The zero-order valence-electron chi connectivity index (χ0n) is 13.3. The van der Waals surface area contributed by atoms with Crippen LogP contribution in [0.15, 0.2) is 28.6 Å². The average molecular weight is 325 g/mol. The molecule has 1 atom stereocenters. The second-order valence-electron chi connectivity index (χ2n) is 5.81. The van der Waals surface area contributed by atoms with Crippen LogP contribution in [0.1, 0.15) is 47.0 Å². The monoisotopic (exact) mass is 324 g/mol. The van der Waals surface area contributed by atoms with Gasteiger partial charge in [-0.3, -0.25) is 0 Å². The zero-order chi connectivity index (χ0) is 15.5. The molecule has 1 unspecified atom stereocenters. The van der Waals surface area contributed by atoms with Crippen molar-refractivity contribution in [1.29, 1.82) is 0 Å². The molecule has 0 amide bonds. The van der Waals surface area contributed by atoms with Gasteiger partial charge < -0.3 is 0 Å². The van der Waals surface area contributed by atoms with Crippen molar-refractivity contribution in [2.75, 3.05) is 6.54 Å². The van der Waals surface area contributed by atoms with E-state index in [1.54, 1.807) is 0 Å². The molecule has 0 aliphatic carbocycles. The number of benzene rings is 1. The molecular weight excluding hydrogens is 300 g/mol. The molecule has 0 bridgehead atoms. The summed E-state index contributed by atoms with van der Waals surface area (Å²) in [5.41, 5.74) is 0.862. The fraction of sp³-hybridized carbons (Fsp3) is 0.562. The Morgan fingerprint density at radius 2 is 2.00 bits per heavy atom. The Morgan fingerprint density at radius 1 is 1.29 bits per heavy atom. The van der Waals surface area contributed by atoms with Crippen molar-refractivity contribution in [3.63, 3.8) is 0 Å². The van der Waals surface area contributed by atoms with E-state index in [0.29, 0.717) is 4.34 Å². The second-order valence-corrected chi connectivity index (χ2v) is 8.42. The first kappa shape index (κ1) is 16.6. The SMILES string of the molecule is CCCCC(C)(C)N(CC)S(=O)c1nc2ccccc2s1. The van der Waals surface area contributed by atoms with E-state index in [2.05, 4.69) is 37.0 Å². The van der Waals surface area contributed by atoms with Crippen molar-refractivity contribution in [3.8, 4) is 0 Å². The quantitative estimate of drug-likeness (QED) is 0.745. The summed E-state index contributed by atoms with van der Waals surface area (Å²) in [7, 11) is -1.19. The summed E-state index contributed by atoms with van der Waals surface area (Å²) < 4.78 is 16.8. The van der Waals surface area contributed by atoms with Crippen LogP contribution in [0.2, 0.25) is 0 Å². The second kappa shape index (κ2) is 6.99. The number of hydrogen-bond acceptors (Lipinski definition) is 3. The Hall–Kier alpha value is -0.780. The highest BCUT2D eigenvalue weighted by Gasteiger charge is 2.31. The van der Waals surface area contributed by atoms with Crippen molar-refractivity contribution in [2.24, 2.45) is 0 Å². The molecule has 1 aromatic carbocycles. The molecule has 0 aliphatic rings. The van der Waals surface area contributed by atoms with Crippen molar-refractivity contribution in [1.82, 2.24) is 9.29 Å². The summed E-state index contributed by atoms with van der Waals surface area (Å²) in [6.45, 7) is 9.38. The zero-order valence-corrected chi connectivity index (χ0v) is 14.9. The Morgan fingerprint density at radius 3 is 2.62 bits per heavy atom. The van der Waals surface area contributed by atoms with Crippen LogP contribution < -0.4 is 0 Å². The number of rotatable bonds is 7. The predicted octanol–water partition coefficient (Wildman–Crippen LogP) is 4.61.